The van der Waals surface area contributed by atoms with Crippen molar-refractivity contribution in [2.24, 2.45) is 0 Å². The van der Waals surface area contributed by atoms with Gasteiger partial charge in [-0.15, -0.1) is 10.2 Å². The Kier molecular flexibility index (Phi) is 5.09. The van der Waals surface area contributed by atoms with Gasteiger partial charge in [0.25, 0.3) is 0 Å². The van der Waals surface area contributed by atoms with E-state index in [0.717, 1.165) is 16.4 Å². The fourth-order valence-corrected chi connectivity index (χ4v) is 5.90. The summed E-state index contributed by atoms with van der Waals surface area (Å²) in [6.45, 7) is 2.65. The zero-order chi connectivity index (χ0) is 21.7. The van der Waals surface area contributed by atoms with Crippen molar-refractivity contribution in [3.8, 4) is 0 Å². The van der Waals surface area contributed by atoms with E-state index in [2.05, 4.69) is 10.2 Å². The third-order valence-electron chi connectivity index (χ3n) is 5.51. The highest BCUT2D eigenvalue weighted by atomic mass is 32.2. The summed E-state index contributed by atoms with van der Waals surface area (Å²) in [5, 5.41) is 8.25. The number of carbonyl (C=O) groups is 1. The zero-order valence-corrected chi connectivity index (χ0v) is 16.9. The van der Waals surface area contributed by atoms with Crippen LogP contribution in [-0.2, 0) is 34.1 Å². The van der Waals surface area contributed by atoms with Gasteiger partial charge in [-0.1, -0.05) is 12.1 Å². The highest BCUT2D eigenvalue weighted by Crippen LogP contribution is 2.40. The lowest BCUT2D eigenvalue weighted by atomic mass is 10.2. The summed E-state index contributed by atoms with van der Waals surface area (Å²) >= 11 is 0. The van der Waals surface area contributed by atoms with Gasteiger partial charge in [-0.25, -0.2) is 8.42 Å². The number of amides is 1. The summed E-state index contributed by atoms with van der Waals surface area (Å²) < 4.78 is 69.6. The third-order valence-corrected chi connectivity index (χ3v) is 7.47. The van der Waals surface area contributed by atoms with Crippen LogP contribution < -0.4 is 0 Å². The molecule has 1 fully saturated rings. The molecule has 2 aromatic rings. The van der Waals surface area contributed by atoms with Crippen molar-refractivity contribution >= 4 is 15.9 Å². The molecule has 2 aliphatic rings. The molecule has 1 aromatic heterocycles. The predicted octanol–water partition coefficient (Wildman–Crippen LogP) is 2.18. The first-order chi connectivity index (χ1) is 14.1. The Morgan fingerprint density at radius 3 is 2.57 bits per heavy atom. The lowest BCUT2D eigenvalue weighted by Gasteiger charge is -2.29. The highest BCUT2D eigenvalue weighted by molar-refractivity contribution is 7.89. The predicted molar refractivity (Wildman–Crippen MR) is 98.4 cm³/mol. The van der Waals surface area contributed by atoms with Crippen molar-refractivity contribution < 1.29 is 26.4 Å². The van der Waals surface area contributed by atoms with Crippen LogP contribution in [0.25, 0.3) is 0 Å². The Balaban J connectivity index is 1.70. The van der Waals surface area contributed by atoms with Gasteiger partial charge < -0.3 is 9.47 Å². The van der Waals surface area contributed by atoms with Crippen molar-refractivity contribution in [2.45, 2.75) is 50.0 Å². The van der Waals surface area contributed by atoms with E-state index < -0.39 is 32.7 Å². The van der Waals surface area contributed by atoms with Crippen LogP contribution in [0, 0.1) is 0 Å². The van der Waals surface area contributed by atoms with E-state index in [-0.39, 0.29) is 19.0 Å². The van der Waals surface area contributed by atoms with Crippen LogP contribution in [-0.4, -0.2) is 51.4 Å². The van der Waals surface area contributed by atoms with Gasteiger partial charge in [-0.05, 0) is 25.0 Å². The summed E-state index contributed by atoms with van der Waals surface area (Å²) in [4.78, 5) is 12.5. The maximum absolute atomic E-state index is 13.4. The van der Waals surface area contributed by atoms with Gasteiger partial charge in [-0.2, -0.15) is 17.5 Å². The first-order valence-electron chi connectivity index (χ1n) is 9.46. The lowest BCUT2D eigenvalue weighted by molar-refractivity contribution is -0.140. The summed E-state index contributed by atoms with van der Waals surface area (Å²) in [6.07, 6.45) is -3.86. The van der Waals surface area contributed by atoms with Crippen LogP contribution in [0.2, 0.25) is 0 Å². The molecule has 0 radical (unpaired) electrons. The molecule has 1 saturated heterocycles. The van der Waals surface area contributed by atoms with E-state index in [1.165, 1.54) is 19.1 Å². The van der Waals surface area contributed by atoms with Crippen LogP contribution in [0.3, 0.4) is 0 Å². The van der Waals surface area contributed by atoms with Gasteiger partial charge in [0.2, 0.25) is 15.9 Å². The van der Waals surface area contributed by atoms with Gasteiger partial charge in [0.15, 0.2) is 11.6 Å². The number of halogens is 3. The Morgan fingerprint density at radius 1 is 1.13 bits per heavy atom. The molecule has 4 rings (SSSR count). The van der Waals surface area contributed by atoms with Crippen LogP contribution in [0.5, 0.6) is 0 Å². The molecular weight excluding hydrogens is 423 g/mol. The Labute approximate surface area is 171 Å². The molecule has 0 bridgehead atoms. The normalized spacial score (nSPS) is 20.4. The highest BCUT2D eigenvalue weighted by Gasteiger charge is 2.44. The smallest absolute Gasteiger partial charge is 0.334 e. The molecular formula is C18H20F3N5O3S. The minimum absolute atomic E-state index is 0.0976. The average molecular weight is 443 g/mol. The number of carbonyl (C=O) groups excluding carboxylic acids is 1. The first kappa shape index (κ1) is 20.8. The fourth-order valence-electron chi connectivity index (χ4n) is 4.03. The van der Waals surface area contributed by atoms with E-state index >= 15 is 0 Å². The molecule has 0 saturated carbocycles. The Hall–Kier alpha value is -2.47. The summed E-state index contributed by atoms with van der Waals surface area (Å²) in [5.41, 5.74) is -1.18. The second-order valence-corrected chi connectivity index (χ2v) is 9.19. The number of hydrogen-bond acceptors (Lipinski definition) is 5. The number of benzene rings is 1. The lowest BCUT2D eigenvalue weighted by Crippen LogP contribution is -2.38. The second-order valence-electron chi connectivity index (χ2n) is 7.33. The van der Waals surface area contributed by atoms with Gasteiger partial charge in [0.05, 0.1) is 23.0 Å². The molecule has 1 amide bonds. The molecule has 2 aliphatic heterocycles. The minimum atomic E-state index is -4.79. The molecule has 1 aromatic carbocycles. The topological polar surface area (TPSA) is 88.4 Å². The molecule has 1 atom stereocenters. The first-order valence-corrected chi connectivity index (χ1v) is 10.9. The number of alkyl halides is 3. The second kappa shape index (κ2) is 7.34. The standard InChI is InChI=1S/C18H20F3N5O3S/c1-12(27)24-9-10-25-16(11-24)22-23-17(25)14-6-4-8-26(14)30(28,29)15-7-3-2-5-13(15)18(19,20)21/h2-3,5,7,14H,4,6,8-11H2,1H3. The van der Waals surface area contributed by atoms with Gasteiger partial charge in [0, 0.05) is 26.6 Å². The van der Waals surface area contributed by atoms with E-state index in [4.69, 9.17) is 0 Å². The molecule has 12 heteroatoms. The van der Waals surface area contributed by atoms with Gasteiger partial charge in [-0.3, -0.25) is 4.79 Å². The van der Waals surface area contributed by atoms with Crippen LogP contribution in [0.4, 0.5) is 13.2 Å². The Morgan fingerprint density at radius 2 is 1.87 bits per heavy atom. The van der Waals surface area contributed by atoms with E-state index in [0.29, 0.717) is 37.6 Å². The summed E-state index contributed by atoms with van der Waals surface area (Å²) in [5.74, 6) is 0.838. The van der Waals surface area contributed by atoms with E-state index in [1.54, 1.807) is 9.47 Å². The molecule has 0 aliphatic carbocycles. The van der Waals surface area contributed by atoms with Crippen molar-refractivity contribution in [3.05, 3.63) is 41.5 Å². The summed E-state index contributed by atoms with van der Waals surface area (Å²) in [7, 11) is -4.41. The average Bonchev–Trinajstić information content (AvgIpc) is 3.33. The van der Waals surface area contributed by atoms with Crippen LogP contribution in [0.15, 0.2) is 29.2 Å². The van der Waals surface area contributed by atoms with E-state index in [9.17, 15) is 26.4 Å². The number of sulfonamides is 1. The molecule has 30 heavy (non-hydrogen) atoms. The summed E-state index contributed by atoms with van der Waals surface area (Å²) in [6, 6.07) is 3.49. The molecule has 162 valence electrons. The number of hydrogen-bond donors (Lipinski definition) is 0. The largest absolute Gasteiger partial charge is 0.417 e. The van der Waals surface area contributed by atoms with Crippen molar-refractivity contribution in [1.82, 2.24) is 24.0 Å². The Bertz CT molecular complexity index is 1080. The monoisotopic (exact) mass is 443 g/mol. The molecule has 0 N–H and O–H groups in total. The maximum atomic E-state index is 13.4. The number of fused-ring (bicyclic) bond motifs is 1. The fraction of sp³-hybridized carbons (Fsp3) is 0.500. The number of rotatable bonds is 3. The van der Waals surface area contributed by atoms with Crippen molar-refractivity contribution in [1.29, 1.82) is 0 Å². The van der Waals surface area contributed by atoms with Crippen molar-refractivity contribution in [2.75, 3.05) is 13.1 Å². The number of nitrogens with zero attached hydrogens (tertiary/aromatic N) is 5. The van der Waals surface area contributed by atoms with Crippen molar-refractivity contribution in [3.63, 3.8) is 0 Å². The maximum Gasteiger partial charge on any atom is 0.417 e. The molecule has 3 heterocycles. The molecule has 1 unspecified atom stereocenters. The minimum Gasteiger partial charge on any atom is -0.334 e. The van der Waals surface area contributed by atoms with Crippen LogP contribution >= 0.6 is 0 Å². The quantitative estimate of drug-likeness (QED) is 0.726. The van der Waals surface area contributed by atoms with Crippen LogP contribution in [0.1, 0.15) is 43.0 Å². The third kappa shape index (κ3) is 3.47. The SMILES string of the molecule is CC(=O)N1CCn2c(nnc2C2CCCN2S(=O)(=O)c2ccccc2C(F)(F)F)C1. The molecule has 8 nitrogen and oxygen atoms in total. The van der Waals surface area contributed by atoms with Gasteiger partial charge in [0.1, 0.15) is 0 Å². The molecule has 0 spiro atoms. The van der Waals surface area contributed by atoms with Gasteiger partial charge >= 0.3 is 6.18 Å². The van der Waals surface area contributed by atoms with E-state index in [1.807, 2.05) is 0 Å². The zero-order valence-electron chi connectivity index (χ0n) is 16.1. The number of aromatic nitrogens is 3.